The lowest BCUT2D eigenvalue weighted by molar-refractivity contribution is -0.136. The molecule has 2 aliphatic rings. The van der Waals surface area contributed by atoms with Crippen LogP contribution >= 0.6 is 45.3 Å². The number of carboxylic acids is 1. The van der Waals surface area contributed by atoms with Crippen LogP contribution in [0.25, 0.3) is 22.7 Å². The molecule has 8 amide bonds. The highest BCUT2D eigenvalue weighted by molar-refractivity contribution is 7.17. The SMILES string of the molecule is CC(=NNC(=O)c1ccc(C(=O)N2CCC(N3CCCC3)CC2)s1)c1c(C)[nH]n(-c2ccc(C)c(C)c2)c1=O.CC(=NNC(=O)c1ccc(C(=O)NCCC(=O)O)s1)c1c(C)[nH]n(-c2ccc(C)c(C)c2)c1=O.CC(=NNC(=O)c1ccc(C(=O)NCc2ccccn2)s1)c1c(C)[nH]n(-c2ccc(C)c(C)c2)c1=O.CC(=NNC(=O)c1ccc(C(=O)NCc2cccnc2)s1)c1c(C)[nH]n(-c2ccc(C)c(C)c2)c1=O. The average molecular weight is 2040 g/mol. The van der Waals surface area contributed by atoms with Crippen LogP contribution in [-0.2, 0) is 17.9 Å². The number of likely N-dealkylation sites (tertiary alicyclic amines) is 2. The zero-order valence-electron chi connectivity index (χ0n) is 83.0. The molecule has 0 saturated carbocycles. The predicted octanol–water partition coefficient (Wildman–Crippen LogP) is 13.8. The summed E-state index contributed by atoms with van der Waals surface area (Å²) in [5.74, 6) is -3.94. The van der Waals surface area contributed by atoms with Crippen molar-refractivity contribution in [1.29, 1.82) is 0 Å². The molecule has 10 aromatic heterocycles. The molecule has 0 unspecified atom stereocenters. The van der Waals surface area contributed by atoms with Gasteiger partial charge in [0.05, 0.1) is 126 Å². The van der Waals surface area contributed by atoms with Crippen molar-refractivity contribution in [3.05, 3.63) is 351 Å². The van der Waals surface area contributed by atoms with Crippen LogP contribution in [0.4, 0.5) is 0 Å². The van der Waals surface area contributed by atoms with Crippen LogP contribution < -0.4 is 59.9 Å². The van der Waals surface area contributed by atoms with Gasteiger partial charge in [0.1, 0.15) is 0 Å². The van der Waals surface area contributed by atoms with Crippen molar-refractivity contribution in [2.75, 3.05) is 32.7 Å². The van der Waals surface area contributed by atoms with Crippen molar-refractivity contribution >= 4 is 121 Å². The Balaban J connectivity index is 0.000000162. The number of carbonyl (C=O) groups is 9. The molecular weight excluding hydrogens is 1920 g/mol. The third-order valence-electron chi connectivity index (χ3n) is 24.6. The summed E-state index contributed by atoms with van der Waals surface area (Å²) in [4.78, 5) is 179. The van der Waals surface area contributed by atoms with Gasteiger partial charge in [-0.25, -0.2) is 40.4 Å². The topological polar surface area (TPSA) is 491 Å². The number of nitrogens with zero attached hydrogens (tertiary/aromatic N) is 12. The van der Waals surface area contributed by atoms with Crippen molar-refractivity contribution in [2.24, 2.45) is 20.4 Å². The van der Waals surface area contributed by atoms with Crippen molar-refractivity contribution in [3.8, 4) is 22.7 Å². The minimum absolute atomic E-state index is 0.00716. The van der Waals surface area contributed by atoms with Gasteiger partial charge in [0.15, 0.2) is 0 Å². The molecule has 2 fully saturated rings. The van der Waals surface area contributed by atoms with Crippen molar-refractivity contribution in [3.63, 3.8) is 0 Å². The van der Waals surface area contributed by atoms with Crippen LogP contribution in [0, 0.1) is 83.1 Å². The number of hydrazone groups is 4. The number of aromatic amines is 4. The van der Waals surface area contributed by atoms with Crippen molar-refractivity contribution < 1.29 is 48.3 Å². The van der Waals surface area contributed by atoms with Crippen LogP contribution in [0.3, 0.4) is 0 Å². The summed E-state index contributed by atoms with van der Waals surface area (Å²) in [6.45, 7) is 34.2. The summed E-state index contributed by atoms with van der Waals surface area (Å²) in [6, 6.07) is 45.4. The highest BCUT2D eigenvalue weighted by Crippen LogP contribution is 2.28. The quantitative estimate of drug-likeness (QED) is 0.0160. The second-order valence-electron chi connectivity index (χ2n) is 35.0. The number of aliphatic carboxylic acids is 1. The molecule has 2 saturated heterocycles. The number of carboxylic acid groups (broad SMARTS) is 1. The second-order valence-corrected chi connectivity index (χ2v) is 39.3. The Morgan fingerprint density at radius 2 is 0.697 bits per heavy atom. The maximum atomic E-state index is 13.2. The van der Waals surface area contributed by atoms with Gasteiger partial charge >= 0.3 is 5.97 Å². The zero-order chi connectivity index (χ0) is 104. The number of aromatic nitrogens is 10. The summed E-state index contributed by atoms with van der Waals surface area (Å²) >= 11 is 4.24. The number of amides is 8. The average Bonchev–Trinajstić information content (AvgIpc) is 1.65. The smallest absolute Gasteiger partial charge is 0.305 e. The number of rotatable bonds is 28. The van der Waals surface area contributed by atoms with Crippen molar-refractivity contribution in [2.45, 2.75) is 162 Å². The first-order valence-corrected chi connectivity index (χ1v) is 49.8. The molecule has 2 aliphatic heterocycles. The highest BCUT2D eigenvalue weighted by atomic mass is 32.1. The normalized spacial score (nSPS) is 12.9. The number of pyridine rings is 2. The molecule has 12 heterocycles. The van der Waals surface area contributed by atoms with E-state index in [1.54, 1.807) is 123 Å². The zero-order valence-corrected chi connectivity index (χ0v) is 86.2. The second kappa shape index (κ2) is 48.1. The summed E-state index contributed by atoms with van der Waals surface area (Å²) < 4.78 is 5.86. The van der Waals surface area contributed by atoms with Gasteiger partial charge in [-0.05, 0) is 315 Å². The van der Waals surface area contributed by atoms with Gasteiger partial charge in [-0.2, -0.15) is 20.4 Å². The van der Waals surface area contributed by atoms with E-state index >= 15 is 0 Å². The number of nitrogens with one attached hydrogen (secondary N) is 11. The number of benzene rings is 4. The molecule has 37 nitrogen and oxygen atoms in total. The number of piperidine rings is 1. The molecule has 0 spiro atoms. The number of aryl methyl sites for hydroxylation is 12. The van der Waals surface area contributed by atoms with Crippen LogP contribution in [-0.4, -0.2) is 179 Å². The van der Waals surface area contributed by atoms with Gasteiger partial charge in [0.25, 0.3) is 69.5 Å². The molecule has 14 aromatic rings. The Bertz CT molecular complexity index is 7390. The Morgan fingerprint density at radius 3 is 1.01 bits per heavy atom. The number of hydrogen-bond donors (Lipinski definition) is 12. The molecule has 0 radical (unpaired) electrons. The van der Waals surface area contributed by atoms with E-state index < -0.39 is 35.5 Å². The first-order valence-electron chi connectivity index (χ1n) is 46.5. The fourth-order valence-corrected chi connectivity index (χ4v) is 19.3. The number of carbonyl (C=O) groups excluding carboxylic acids is 8. The van der Waals surface area contributed by atoms with Crippen molar-refractivity contribution in [1.82, 2.24) is 96.5 Å². The van der Waals surface area contributed by atoms with E-state index in [0.717, 1.165) is 133 Å². The van der Waals surface area contributed by atoms with E-state index in [1.165, 1.54) is 68.1 Å². The largest absolute Gasteiger partial charge is 0.481 e. The van der Waals surface area contributed by atoms with E-state index in [1.807, 2.05) is 151 Å². The van der Waals surface area contributed by atoms with Gasteiger partial charge in [-0.15, -0.1) is 45.3 Å². The van der Waals surface area contributed by atoms with E-state index in [2.05, 4.69) is 93.3 Å². The first-order chi connectivity index (χ1) is 69.3. The van der Waals surface area contributed by atoms with E-state index in [4.69, 9.17) is 5.11 Å². The lowest BCUT2D eigenvalue weighted by Crippen LogP contribution is -2.45. The summed E-state index contributed by atoms with van der Waals surface area (Å²) in [5, 5.41) is 45.6. The van der Waals surface area contributed by atoms with Gasteiger partial charge in [-0.1, -0.05) is 36.4 Å². The Morgan fingerprint density at radius 1 is 0.372 bits per heavy atom. The van der Waals surface area contributed by atoms with Crippen LogP contribution in [0.1, 0.15) is 238 Å². The van der Waals surface area contributed by atoms with E-state index in [-0.39, 0.29) is 69.2 Å². The van der Waals surface area contributed by atoms with Gasteiger partial charge in [0, 0.05) is 73.6 Å². The summed E-state index contributed by atoms with van der Waals surface area (Å²) in [7, 11) is 0. The standard InChI is InChI=1S/C29H36N6O3S.2C26H26N6O3S.C23H25N5O5S/c1-18-7-8-23(17-19(18)2)35-29(38)26(21(4)32-35)20(3)30-31-27(36)24-9-10-25(39-24)28(37)34-15-11-22(12-16-34)33-13-5-6-14-33;1-15-7-8-20(12-16(15)2)32-26(35)23(18(4)31-32)17(3)29-30-25(34)22-10-9-21(36-22)24(33)28-14-19-6-5-11-27-13-19;1-15-8-9-20(13-16(15)2)32-26(35)23(18(4)31-32)17(3)29-30-25(34)22-11-10-21(36-22)24(33)28-14-19-7-5-6-12-27-19;1-12-5-6-16(11-13(12)2)28-23(33)20(15(4)27-28)14(3)25-26-22(32)18-8-7-17(34-18)21(31)24-10-9-19(29)30/h7-10,17,22,32H,5-6,11-16H2,1-4H3,(H,31,36);2*5-13,31H,14H2,1-4H3,(H,28,33)(H,30,34);5-8,11,27H,9-10H2,1-4H3,(H,24,31)(H,26,32)(H,29,30). The molecule has 752 valence electrons. The van der Waals surface area contributed by atoms with Crippen LogP contribution in [0.2, 0.25) is 0 Å². The maximum Gasteiger partial charge on any atom is 0.305 e. The molecule has 16 rings (SSSR count). The lowest BCUT2D eigenvalue weighted by atomic mass is 10.0. The summed E-state index contributed by atoms with van der Waals surface area (Å²) in [6.07, 6.45) is 9.36. The number of thiophene rings is 4. The Kier molecular flexibility index (Phi) is 35.2. The molecular formula is C104H113N23O14S4. The van der Waals surface area contributed by atoms with Gasteiger partial charge in [0.2, 0.25) is 0 Å². The fourth-order valence-electron chi connectivity index (χ4n) is 16.0. The van der Waals surface area contributed by atoms with E-state index in [0.29, 0.717) is 115 Å². The third kappa shape index (κ3) is 26.4. The van der Waals surface area contributed by atoms with Gasteiger partial charge < -0.3 is 30.9 Å². The monoisotopic (exact) mass is 2040 g/mol. The van der Waals surface area contributed by atoms with Crippen LogP contribution in [0.5, 0.6) is 0 Å². The third-order valence-corrected chi connectivity index (χ3v) is 28.9. The minimum Gasteiger partial charge on any atom is -0.481 e. The Hall–Kier alpha value is -16.1. The molecule has 0 bridgehead atoms. The first kappa shape index (κ1) is 106. The molecule has 0 atom stereocenters. The fraction of sp³-hybridized carbons (Fsp3) is 0.279. The summed E-state index contributed by atoms with van der Waals surface area (Å²) in [5.41, 5.74) is 27.8. The predicted molar refractivity (Wildman–Crippen MR) is 564 cm³/mol. The molecule has 41 heteroatoms. The maximum absolute atomic E-state index is 13.2. The lowest BCUT2D eigenvalue weighted by Gasteiger charge is -2.36. The molecule has 4 aromatic carbocycles. The van der Waals surface area contributed by atoms with Gasteiger partial charge in [-0.3, -0.25) is 92.7 Å². The number of hydrogen-bond acceptors (Lipinski definition) is 24. The number of H-pyrrole nitrogens is 4. The van der Waals surface area contributed by atoms with Crippen LogP contribution in [0.15, 0.2) is 210 Å². The molecule has 145 heavy (non-hydrogen) atoms. The molecule has 0 aliphatic carbocycles. The minimum atomic E-state index is -1.02. The molecule has 12 N–H and O–H groups in total. The highest BCUT2D eigenvalue weighted by Gasteiger charge is 2.31. The van der Waals surface area contributed by atoms with E-state index in [9.17, 15) is 62.3 Å². The Labute approximate surface area is 850 Å².